The number of aromatic nitrogens is 4. The third-order valence-electron chi connectivity index (χ3n) is 10.6. The molecule has 272 valence electrons. The molecule has 3 heterocycles. The first kappa shape index (κ1) is 33.4. The van der Waals surface area contributed by atoms with Gasteiger partial charge in [0.25, 0.3) is 0 Å². The molecule has 0 saturated heterocycles. The van der Waals surface area contributed by atoms with Crippen molar-refractivity contribution in [3.05, 3.63) is 194 Å². The van der Waals surface area contributed by atoms with E-state index in [1.807, 2.05) is 97.1 Å². The zero-order valence-corrected chi connectivity index (χ0v) is 31.1. The Balaban J connectivity index is 0.893. The van der Waals surface area contributed by atoms with Crippen LogP contribution in [0.4, 0.5) is 0 Å². The van der Waals surface area contributed by atoms with Crippen LogP contribution in [0.5, 0.6) is 0 Å². The zero-order valence-electron chi connectivity index (χ0n) is 31.1. The molecular formula is C52H32N4O2. The number of oxazole rings is 1. The molecule has 6 nitrogen and oxygen atoms in total. The summed E-state index contributed by atoms with van der Waals surface area (Å²) in [4.78, 5) is 19.8. The minimum absolute atomic E-state index is 0.587. The highest BCUT2D eigenvalue weighted by Gasteiger charge is 2.16. The van der Waals surface area contributed by atoms with E-state index in [2.05, 4.69) is 97.1 Å². The highest BCUT2D eigenvalue weighted by atomic mass is 16.3. The fraction of sp³-hybridized carbons (Fsp3) is 0. The van der Waals surface area contributed by atoms with Crippen molar-refractivity contribution in [2.75, 3.05) is 0 Å². The van der Waals surface area contributed by atoms with Crippen LogP contribution in [0.1, 0.15) is 0 Å². The lowest BCUT2D eigenvalue weighted by Crippen LogP contribution is -2.00. The molecule has 0 aliphatic heterocycles. The van der Waals surface area contributed by atoms with Gasteiger partial charge < -0.3 is 8.83 Å². The number of hydrogen-bond acceptors (Lipinski definition) is 6. The predicted molar refractivity (Wildman–Crippen MR) is 233 cm³/mol. The summed E-state index contributed by atoms with van der Waals surface area (Å²) in [5.41, 5.74) is 13.5. The van der Waals surface area contributed by atoms with Crippen LogP contribution >= 0.6 is 0 Å². The van der Waals surface area contributed by atoms with Crippen LogP contribution in [-0.2, 0) is 0 Å². The van der Waals surface area contributed by atoms with E-state index in [1.54, 1.807) is 0 Å². The summed E-state index contributed by atoms with van der Waals surface area (Å²) in [5, 5.41) is 2.15. The molecule has 11 aromatic rings. The topological polar surface area (TPSA) is 77.8 Å². The van der Waals surface area contributed by atoms with E-state index in [9.17, 15) is 0 Å². The molecule has 0 amide bonds. The van der Waals surface area contributed by atoms with Crippen molar-refractivity contribution in [2.24, 2.45) is 0 Å². The van der Waals surface area contributed by atoms with Gasteiger partial charge in [-0.25, -0.2) is 19.9 Å². The predicted octanol–water partition coefficient (Wildman–Crippen LogP) is 13.6. The Hall–Kier alpha value is -7.96. The number of rotatable bonds is 7. The van der Waals surface area contributed by atoms with Gasteiger partial charge in [-0.3, -0.25) is 0 Å². The van der Waals surface area contributed by atoms with E-state index in [0.29, 0.717) is 23.4 Å². The summed E-state index contributed by atoms with van der Waals surface area (Å²) in [7, 11) is 0. The SMILES string of the molecule is c1ccc(-c2nc(-c3ccc(-c4cccc(-c5ccc(-c6cccc7oc(-c8ccccc8)nc67)cc5)c4)cc3)nc(-c3ccc4c(c3)oc3ccccc34)n2)cc1. The molecule has 0 N–H and O–H groups in total. The van der Waals surface area contributed by atoms with Crippen molar-refractivity contribution in [3.63, 3.8) is 0 Å². The first-order valence-electron chi connectivity index (χ1n) is 19.2. The van der Waals surface area contributed by atoms with E-state index < -0.39 is 0 Å². The van der Waals surface area contributed by atoms with Gasteiger partial charge in [0.1, 0.15) is 16.7 Å². The average molecular weight is 745 g/mol. The molecule has 58 heavy (non-hydrogen) atoms. The van der Waals surface area contributed by atoms with Crippen molar-refractivity contribution in [1.82, 2.24) is 19.9 Å². The Labute approximate surface area is 333 Å². The molecule has 0 radical (unpaired) electrons. The van der Waals surface area contributed by atoms with E-state index in [0.717, 1.165) is 88.7 Å². The number of fused-ring (bicyclic) bond motifs is 4. The smallest absolute Gasteiger partial charge is 0.227 e. The van der Waals surface area contributed by atoms with Crippen LogP contribution in [-0.4, -0.2) is 19.9 Å². The minimum Gasteiger partial charge on any atom is -0.456 e. The van der Waals surface area contributed by atoms with Gasteiger partial charge in [0, 0.05) is 38.6 Å². The molecular weight excluding hydrogens is 713 g/mol. The summed E-state index contributed by atoms with van der Waals surface area (Å²) >= 11 is 0. The molecule has 0 atom stereocenters. The molecule has 0 spiro atoms. The lowest BCUT2D eigenvalue weighted by molar-refractivity contribution is 0.620. The number of furan rings is 1. The Bertz CT molecular complexity index is 3260. The van der Waals surface area contributed by atoms with Crippen molar-refractivity contribution < 1.29 is 8.83 Å². The van der Waals surface area contributed by atoms with E-state index in [4.69, 9.17) is 28.8 Å². The molecule has 0 fully saturated rings. The highest BCUT2D eigenvalue weighted by Crippen LogP contribution is 2.36. The molecule has 8 aromatic carbocycles. The van der Waals surface area contributed by atoms with Crippen LogP contribution < -0.4 is 0 Å². The third kappa shape index (κ3) is 6.10. The Morgan fingerprint density at radius 2 is 0.776 bits per heavy atom. The second-order valence-electron chi connectivity index (χ2n) is 14.3. The number of hydrogen-bond donors (Lipinski definition) is 0. The summed E-state index contributed by atoms with van der Waals surface area (Å²) in [6, 6.07) is 66.1. The molecule has 0 saturated carbocycles. The monoisotopic (exact) mass is 744 g/mol. The normalized spacial score (nSPS) is 11.4. The summed E-state index contributed by atoms with van der Waals surface area (Å²) < 4.78 is 12.4. The second-order valence-corrected chi connectivity index (χ2v) is 14.3. The quantitative estimate of drug-likeness (QED) is 0.162. The average Bonchev–Trinajstić information content (AvgIpc) is 3.92. The van der Waals surface area contributed by atoms with Crippen LogP contribution in [0, 0.1) is 0 Å². The van der Waals surface area contributed by atoms with Gasteiger partial charge in [-0.15, -0.1) is 0 Å². The first-order chi connectivity index (χ1) is 28.7. The molecule has 0 bridgehead atoms. The maximum absolute atomic E-state index is 6.21. The van der Waals surface area contributed by atoms with E-state index in [-0.39, 0.29) is 0 Å². The second kappa shape index (κ2) is 14.0. The Morgan fingerprint density at radius 3 is 1.48 bits per heavy atom. The Kier molecular flexibility index (Phi) is 8.04. The number of nitrogens with zero attached hydrogens (tertiary/aromatic N) is 4. The Morgan fingerprint density at radius 1 is 0.276 bits per heavy atom. The van der Waals surface area contributed by atoms with Gasteiger partial charge in [0.05, 0.1) is 0 Å². The van der Waals surface area contributed by atoms with Crippen molar-refractivity contribution >= 4 is 33.0 Å². The summed E-state index contributed by atoms with van der Waals surface area (Å²) in [6.07, 6.45) is 0. The molecule has 3 aromatic heterocycles. The van der Waals surface area contributed by atoms with E-state index in [1.165, 1.54) is 0 Å². The number of para-hydroxylation sites is 2. The molecule has 0 aliphatic carbocycles. The van der Waals surface area contributed by atoms with Gasteiger partial charge in [0.15, 0.2) is 23.1 Å². The fourth-order valence-corrected chi connectivity index (χ4v) is 7.63. The molecule has 6 heteroatoms. The number of benzene rings is 8. The summed E-state index contributed by atoms with van der Waals surface area (Å²) in [5.74, 6) is 2.43. The zero-order chi connectivity index (χ0) is 38.4. The van der Waals surface area contributed by atoms with Crippen LogP contribution in [0.2, 0.25) is 0 Å². The van der Waals surface area contributed by atoms with Gasteiger partial charge in [-0.05, 0) is 70.3 Å². The van der Waals surface area contributed by atoms with Gasteiger partial charge in [0.2, 0.25) is 5.89 Å². The van der Waals surface area contributed by atoms with Crippen LogP contribution in [0.25, 0.3) is 112 Å². The molecule has 0 aliphatic rings. The van der Waals surface area contributed by atoms with Crippen molar-refractivity contribution in [2.45, 2.75) is 0 Å². The van der Waals surface area contributed by atoms with E-state index >= 15 is 0 Å². The summed E-state index contributed by atoms with van der Waals surface area (Å²) in [6.45, 7) is 0. The largest absolute Gasteiger partial charge is 0.456 e. The lowest BCUT2D eigenvalue weighted by Gasteiger charge is -2.10. The van der Waals surface area contributed by atoms with Gasteiger partial charge in [-0.2, -0.15) is 0 Å². The van der Waals surface area contributed by atoms with Gasteiger partial charge in [-0.1, -0.05) is 152 Å². The maximum Gasteiger partial charge on any atom is 0.227 e. The first-order valence-corrected chi connectivity index (χ1v) is 19.2. The fourth-order valence-electron chi connectivity index (χ4n) is 7.63. The highest BCUT2D eigenvalue weighted by molar-refractivity contribution is 6.05. The molecule has 0 unspecified atom stereocenters. The lowest BCUT2D eigenvalue weighted by atomic mass is 9.96. The maximum atomic E-state index is 6.21. The third-order valence-corrected chi connectivity index (χ3v) is 10.6. The molecule has 11 rings (SSSR count). The minimum atomic E-state index is 0.587. The van der Waals surface area contributed by atoms with Gasteiger partial charge >= 0.3 is 0 Å². The standard InChI is InChI=1S/C52H32N4O2/c1-3-11-36(12-4-1)49-54-50(56-51(55-49)41-29-30-44-43-17-7-8-19-45(43)57-47(44)32-41)37-27-23-34(24-28-37)40-16-9-15-39(31-40)33-21-25-35(26-22-33)42-18-10-20-46-48(42)53-52(58-46)38-13-5-2-6-14-38/h1-32H. The van der Waals surface area contributed by atoms with Crippen LogP contribution in [0.3, 0.4) is 0 Å². The van der Waals surface area contributed by atoms with Crippen molar-refractivity contribution in [3.8, 4) is 79.0 Å². The van der Waals surface area contributed by atoms with Crippen LogP contribution in [0.15, 0.2) is 203 Å². The van der Waals surface area contributed by atoms with Crippen molar-refractivity contribution in [1.29, 1.82) is 0 Å².